The lowest BCUT2D eigenvalue weighted by molar-refractivity contribution is 0.436. The number of nitrogens with zero attached hydrogens (tertiary/aromatic N) is 1. The van der Waals surface area contributed by atoms with Crippen molar-refractivity contribution in [2.24, 2.45) is 0 Å². The number of hydrogen-bond donors (Lipinski definition) is 0. The van der Waals surface area contributed by atoms with Crippen LogP contribution in [0, 0.1) is 0 Å². The molecular weight excluding hydrogens is 723 g/mol. The molecule has 0 radical (unpaired) electrons. The first-order valence-corrected chi connectivity index (χ1v) is 20.6. The summed E-state index contributed by atoms with van der Waals surface area (Å²) in [5.74, 6) is 1.81. The van der Waals surface area contributed by atoms with Gasteiger partial charge in [-0.25, -0.2) is 0 Å². The van der Waals surface area contributed by atoms with Crippen molar-refractivity contribution in [3.63, 3.8) is 0 Å². The normalized spacial score (nSPS) is 13.1. The Bertz CT molecular complexity index is 3150. The van der Waals surface area contributed by atoms with E-state index in [1.165, 1.54) is 75.8 Å². The van der Waals surface area contributed by atoms with Gasteiger partial charge in [0.15, 0.2) is 0 Å². The zero-order chi connectivity index (χ0) is 38.2. The molecule has 0 saturated heterocycles. The third kappa shape index (κ3) is 4.90. The molecule has 0 bridgehead atoms. The molecular formula is C55H35NOS. The number of thiophene rings is 1. The second-order valence-corrected chi connectivity index (χ2v) is 16.3. The Balaban J connectivity index is 0.931. The summed E-state index contributed by atoms with van der Waals surface area (Å²) in [6, 6.07) is 77.3. The first-order valence-electron chi connectivity index (χ1n) is 19.8. The van der Waals surface area contributed by atoms with Gasteiger partial charge in [0.2, 0.25) is 0 Å². The minimum Gasteiger partial charge on any atom is -0.457 e. The molecule has 12 rings (SSSR count). The molecule has 9 aromatic carbocycles. The van der Waals surface area contributed by atoms with E-state index in [1.54, 1.807) is 0 Å². The second-order valence-electron chi connectivity index (χ2n) is 15.2. The molecule has 0 atom stereocenters. The third-order valence-electron chi connectivity index (χ3n) is 12.2. The number of anilines is 3. The summed E-state index contributed by atoms with van der Waals surface area (Å²) in [7, 11) is 0. The van der Waals surface area contributed by atoms with Gasteiger partial charge in [-0.3, -0.25) is 0 Å². The molecule has 2 aliphatic rings. The molecule has 2 heterocycles. The van der Waals surface area contributed by atoms with Gasteiger partial charge in [0.25, 0.3) is 0 Å². The first-order chi connectivity index (χ1) is 28.7. The van der Waals surface area contributed by atoms with Crippen LogP contribution in [0.3, 0.4) is 0 Å². The SMILES string of the molecule is c1ccc(N(c2ccc(-c3ccc4c(c3)C3(c5ccccc5Oc5ccccc53)c3ccccc3-4)cc2)c2ccc(-c3ccc4c(c3)sc3ccccc34)cc2)cc1. The molecule has 2 nitrogen and oxygen atoms in total. The third-order valence-corrected chi connectivity index (χ3v) is 13.3. The van der Waals surface area contributed by atoms with Crippen LogP contribution in [-0.4, -0.2) is 0 Å². The topological polar surface area (TPSA) is 12.5 Å². The predicted molar refractivity (Wildman–Crippen MR) is 242 cm³/mol. The summed E-state index contributed by atoms with van der Waals surface area (Å²) >= 11 is 1.86. The number of ether oxygens (including phenoxy) is 1. The Morgan fingerprint density at radius 3 is 1.55 bits per heavy atom. The van der Waals surface area contributed by atoms with Crippen molar-refractivity contribution in [2.45, 2.75) is 5.41 Å². The lowest BCUT2D eigenvalue weighted by atomic mass is 9.66. The van der Waals surface area contributed by atoms with Crippen LogP contribution in [0.2, 0.25) is 0 Å². The zero-order valence-corrected chi connectivity index (χ0v) is 32.3. The predicted octanol–water partition coefficient (Wildman–Crippen LogP) is 15.3. The molecule has 272 valence electrons. The van der Waals surface area contributed by atoms with Gasteiger partial charge in [0, 0.05) is 48.4 Å². The zero-order valence-electron chi connectivity index (χ0n) is 31.5. The highest BCUT2D eigenvalue weighted by Gasteiger charge is 2.51. The van der Waals surface area contributed by atoms with Crippen molar-refractivity contribution in [2.75, 3.05) is 4.90 Å². The van der Waals surface area contributed by atoms with E-state index in [0.717, 1.165) is 28.6 Å². The Morgan fingerprint density at radius 1 is 0.345 bits per heavy atom. The van der Waals surface area contributed by atoms with E-state index in [-0.39, 0.29) is 0 Å². The highest BCUT2D eigenvalue weighted by molar-refractivity contribution is 7.25. The van der Waals surface area contributed by atoms with Crippen LogP contribution in [0.5, 0.6) is 11.5 Å². The van der Waals surface area contributed by atoms with Crippen molar-refractivity contribution in [3.05, 3.63) is 235 Å². The summed E-state index contributed by atoms with van der Waals surface area (Å²) in [6.07, 6.45) is 0. The van der Waals surface area contributed by atoms with E-state index in [2.05, 4.69) is 217 Å². The highest BCUT2D eigenvalue weighted by atomic mass is 32.1. The summed E-state index contributed by atoms with van der Waals surface area (Å²) < 4.78 is 9.22. The van der Waals surface area contributed by atoms with Crippen LogP contribution in [0.15, 0.2) is 212 Å². The van der Waals surface area contributed by atoms with Crippen molar-refractivity contribution in [3.8, 4) is 44.9 Å². The minimum absolute atomic E-state index is 0.493. The van der Waals surface area contributed by atoms with Gasteiger partial charge >= 0.3 is 0 Å². The number of fused-ring (bicyclic) bond motifs is 12. The maximum absolute atomic E-state index is 6.57. The Morgan fingerprint density at radius 2 is 0.845 bits per heavy atom. The molecule has 1 aromatic heterocycles. The molecule has 1 aliphatic heterocycles. The monoisotopic (exact) mass is 757 g/mol. The quantitative estimate of drug-likeness (QED) is 0.173. The molecule has 0 amide bonds. The van der Waals surface area contributed by atoms with Crippen LogP contribution < -0.4 is 9.64 Å². The maximum Gasteiger partial charge on any atom is 0.132 e. The lowest BCUT2D eigenvalue weighted by Crippen LogP contribution is -2.32. The Kier molecular flexibility index (Phi) is 7.35. The number of para-hydroxylation sites is 3. The summed E-state index contributed by atoms with van der Waals surface area (Å²) in [6.45, 7) is 0. The minimum atomic E-state index is -0.493. The number of rotatable bonds is 5. The molecule has 1 spiro atoms. The molecule has 0 N–H and O–H groups in total. The van der Waals surface area contributed by atoms with Crippen LogP contribution in [0.25, 0.3) is 53.6 Å². The summed E-state index contributed by atoms with van der Waals surface area (Å²) in [5.41, 5.74) is 15.1. The number of benzene rings is 9. The van der Waals surface area contributed by atoms with Gasteiger partial charge in [0.1, 0.15) is 11.5 Å². The maximum atomic E-state index is 6.57. The average Bonchev–Trinajstić information content (AvgIpc) is 3.81. The van der Waals surface area contributed by atoms with E-state index in [4.69, 9.17) is 4.74 Å². The molecule has 0 fully saturated rings. The van der Waals surface area contributed by atoms with Crippen LogP contribution in [0.4, 0.5) is 17.1 Å². The largest absolute Gasteiger partial charge is 0.457 e. The molecule has 1 aliphatic carbocycles. The van der Waals surface area contributed by atoms with E-state index < -0.39 is 5.41 Å². The second kappa shape index (κ2) is 12.9. The number of hydrogen-bond acceptors (Lipinski definition) is 3. The van der Waals surface area contributed by atoms with Gasteiger partial charge in [-0.05, 0) is 111 Å². The molecule has 0 unspecified atom stereocenters. The standard InChI is InChI=1S/C55H35NOS/c1-2-12-40(13-3-1)56(42-30-24-37(25-31-42)39-27-33-46-45-15-5-11-21-53(45)58-54(46)35-39)41-28-22-36(23-29-41)38-26-32-44-43-14-4-6-16-47(43)55(50(44)34-38)48-17-7-9-19-51(48)57-52-20-10-8-18-49(52)55/h1-35H. The fourth-order valence-electron chi connectivity index (χ4n) is 9.57. The average molecular weight is 758 g/mol. The fraction of sp³-hybridized carbons (Fsp3) is 0.0182. The fourth-order valence-corrected chi connectivity index (χ4v) is 10.7. The van der Waals surface area contributed by atoms with Crippen molar-refractivity contribution in [1.82, 2.24) is 0 Å². The molecule has 3 heteroatoms. The van der Waals surface area contributed by atoms with Gasteiger partial charge in [0.05, 0.1) is 5.41 Å². The summed E-state index contributed by atoms with van der Waals surface area (Å²) in [4.78, 5) is 2.34. The van der Waals surface area contributed by atoms with Crippen molar-refractivity contribution >= 4 is 48.6 Å². The van der Waals surface area contributed by atoms with Crippen molar-refractivity contribution < 1.29 is 4.74 Å². The smallest absolute Gasteiger partial charge is 0.132 e. The van der Waals surface area contributed by atoms with Gasteiger partial charge in [-0.2, -0.15) is 0 Å². The van der Waals surface area contributed by atoms with E-state index in [0.29, 0.717) is 0 Å². The first kappa shape index (κ1) is 33.0. The van der Waals surface area contributed by atoms with Gasteiger partial charge in [-0.1, -0.05) is 146 Å². The van der Waals surface area contributed by atoms with Crippen LogP contribution >= 0.6 is 11.3 Å². The highest BCUT2D eigenvalue weighted by Crippen LogP contribution is 2.62. The molecule has 0 saturated carbocycles. The molecule has 58 heavy (non-hydrogen) atoms. The summed E-state index contributed by atoms with van der Waals surface area (Å²) in [5, 5.41) is 2.65. The Hall–Kier alpha value is -7.20. The van der Waals surface area contributed by atoms with Crippen LogP contribution in [0.1, 0.15) is 22.3 Å². The van der Waals surface area contributed by atoms with Gasteiger partial charge < -0.3 is 9.64 Å². The lowest BCUT2D eigenvalue weighted by Gasteiger charge is -2.39. The Labute approximate surface area is 341 Å². The van der Waals surface area contributed by atoms with Crippen molar-refractivity contribution in [1.29, 1.82) is 0 Å². The molecule has 10 aromatic rings. The van der Waals surface area contributed by atoms with E-state index >= 15 is 0 Å². The van der Waals surface area contributed by atoms with Crippen LogP contribution in [-0.2, 0) is 5.41 Å². The van der Waals surface area contributed by atoms with E-state index in [9.17, 15) is 0 Å². The van der Waals surface area contributed by atoms with Gasteiger partial charge in [-0.15, -0.1) is 11.3 Å². The van der Waals surface area contributed by atoms with E-state index in [1.807, 2.05) is 11.3 Å².